The second kappa shape index (κ2) is 14.3. The summed E-state index contributed by atoms with van der Waals surface area (Å²) in [7, 11) is 2.23. The van der Waals surface area contributed by atoms with Crippen LogP contribution in [-0.2, 0) is 5.41 Å². The van der Waals surface area contributed by atoms with E-state index in [2.05, 4.69) is 231 Å². The molecule has 2 unspecified atom stereocenters. The molecule has 3 heteroatoms. The SMILES string of the molecule is CN(c1ccccc1)C1c2ccccc2SC1c1ccc(-c2ccc(N(c3ccc(-c4ccccc4)cc3)c3ccc4c(c3)C(C)(C)c3ccccc3-4)cc2)cc1. The summed E-state index contributed by atoms with van der Waals surface area (Å²) in [4.78, 5) is 6.21. The highest BCUT2D eigenvalue weighted by Gasteiger charge is 2.38. The molecule has 0 saturated heterocycles. The quantitative estimate of drug-likeness (QED) is 0.153. The highest BCUT2D eigenvalue weighted by molar-refractivity contribution is 8.00. The van der Waals surface area contributed by atoms with Crippen LogP contribution in [0.4, 0.5) is 22.7 Å². The molecule has 0 aromatic heterocycles. The minimum Gasteiger partial charge on any atom is -0.366 e. The van der Waals surface area contributed by atoms with Gasteiger partial charge in [0.15, 0.2) is 0 Å². The number of fused-ring (bicyclic) bond motifs is 4. The van der Waals surface area contributed by atoms with Gasteiger partial charge in [0, 0.05) is 40.1 Å². The number of likely N-dealkylation sites (N-methyl/N-ethyl adjacent to an activating group) is 1. The van der Waals surface area contributed by atoms with Crippen LogP contribution in [0, 0.1) is 0 Å². The molecule has 8 aromatic rings. The van der Waals surface area contributed by atoms with Crippen molar-refractivity contribution in [3.8, 4) is 33.4 Å². The molecule has 1 heterocycles. The van der Waals surface area contributed by atoms with Gasteiger partial charge >= 0.3 is 0 Å². The third kappa shape index (κ3) is 6.24. The molecule has 0 radical (unpaired) electrons. The smallest absolute Gasteiger partial charge is 0.0713 e. The summed E-state index contributed by atoms with van der Waals surface area (Å²) in [6.07, 6.45) is 0. The van der Waals surface area contributed by atoms with Gasteiger partial charge in [-0.3, -0.25) is 0 Å². The predicted octanol–water partition coefficient (Wildman–Crippen LogP) is 14.8. The summed E-state index contributed by atoms with van der Waals surface area (Å²) in [6.45, 7) is 4.71. The number of benzene rings is 8. The van der Waals surface area contributed by atoms with Crippen molar-refractivity contribution in [3.63, 3.8) is 0 Å². The summed E-state index contributed by atoms with van der Waals surface area (Å²) in [5.41, 5.74) is 17.6. The van der Waals surface area contributed by atoms with Crippen molar-refractivity contribution in [2.24, 2.45) is 0 Å². The lowest BCUT2D eigenvalue weighted by atomic mass is 9.82. The van der Waals surface area contributed by atoms with Gasteiger partial charge in [-0.25, -0.2) is 0 Å². The molecule has 0 N–H and O–H groups in total. The van der Waals surface area contributed by atoms with Crippen molar-refractivity contribution in [2.45, 2.75) is 35.4 Å². The Kier molecular flexibility index (Phi) is 8.84. The highest BCUT2D eigenvalue weighted by atomic mass is 32.2. The van der Waals surface area contributed by atoms with E-state index in [4.69, 9.17) is 0 Å². The zero-order valence-corrected chi connectivity index (χ0v) is 33.3. The van der Waals surface area contributed by atoms with Gasteiger partial charge in [-0.2, -0.15) is 0 Å². The first-order chi connectivity index (χ1) is 27.9. The zero-order valence-electron chi connectivity index (χ0n) is 32.5. The van der Waals surface area contributed by atoms with Crippen molar-refractivity contribution in [1.29, 1.82) is 0 Å². The fourth-order valence-corrected chi connectivity index (χ4v) is 10.6. The Balaban J connectivity index is 0.978. The maximum absolute atomic E-state index is 2.44. The molecule has 2 nitrogen and oxygen atoms in total. The van der Waals surface area contributed by atoms with E-state index in [-0.39, 0.29) is 16.7 Å². The van der Waals surface area contributed by atoms with Gasteiger partial charge in [-0.1, -0.05) is 159 Å². The first-order valence-electron chi connectivity index (χ1n) is 19.9. The van der Waals surface area contributed by atoms with Crippen molar-refractivity contribution in [1.82, 2.24) is 0 Å². The largest absolute Gasteiger partial charge is 0.366 e. The molecule has 8 aromatic carbocycles. The third-order valence-corrected chi connectivity index (χ3v) is 13.5. The van der Waals surface area contributed by atoms with Crippen molar-refractivity contribution in [2.75, 3.05) is 16.8 Å². The van der Waals surface area contributed by atoms with Gasteiger partial charge in [-0.05, 0) is 110 Å². The van der Waals surface area contributed by atoms with Gasteiger partial charge in [0.05, 0.1) is 11.3 Å². The number of thioether (sulfide) groups is 1. The lowest BCUT2D eigenvalue weighted by molar-refractivity contribution is 0.660. The van der Waals surface area contributed by atoms with Crippen LogP contribution in [0.25, 0.3) is 33.4 Å². The van der Waals surface area contributed by atoms with Crippen LogP contribution in [0.1, 0.15) is 47.4 Å². The van der Waals surface area contributed by atoms with Crippen molar-refractivity contribution >= 4 is 34.5 Å². The Labute approximate surface area is 341 Å². The number of anilines is 4. The second-order valence-corrected chi connectivity index (χ2v) is 17.0. The number of hydrogen-bond acceptors (Lipinski definition) is 3. The van der Waals surface area contributed by atoms with E-state index in [1.807, 2.05) is 11.8 Å². The van der Waals surface area contributed by atoms with Gasteiger partial charge < -0.3 is 9.80 Å². The highest BCUT2D eigenvalue weighted by Crippen LogP contribution is 2.56. The van der Waals surface area contributed by atoms with Crippen LogP contribution in [0.15, 0.2) is 205 Å². The molecule has 1 aliphatic carbocycles. The standard InChI is InChI=1S/C54H44N2S/c1-54(2)49-20-12-10-18-46(49)47-35-34-45(36-50(47)54)56(43-30-26-39(27-31-43)37-14-6-4-7-15-37)44-32-28-40(29-33-44)38-22-24-41(25-23-38)53-52(48-19-11-13-21-51(48)57-53)55(3)42-16-8-5-9-17-42/h4-36,52-53H,1-3H3. The van der Waals surface area contributed by atoms with Crippen LogP contribution in [-0.4, -0.2) is 7.05 Å². The molecule has 0 spiro atoms. The molecule has 57 heavy (non-hydrogen) atoms. The molecule has 10 rings (SSSR count). The molecule has 0 fully saturated rings. The monoisotopic (exact) mass is 752 g/mol. The summed E-state index contributed by atoms with van der Waals surface area (Å²) in [5.74, 6) is 0. The van der Waals surface area contributed by atoms with Crippen LogP contribution >= 0.6 is 11.8 Å². The normalized spacial score (nSPS) is 16.1. The molecule has 2 aliphatic rings. The summed E-state index contributed by atoms with van der Waals surface area (Å²) < 4.78 is 0. The Hall–Kier alpha value is -6.29. The van der Waals surface area contributed by atoms with Crippen LogP contribution in [0.3, 0.4) is 0 Å². The van der Waals surface area contributed by atoms with Gasteiger partial charge in [0.2, 0.25) is 0 Å². The van der Waals surface area contributed by atoms with E-state index in [1.54, 1.807) is 0 Å². The molecule has 0 amide bonds. The maximum Gasteiger partial charge on any atom is 0.0713 e. The maximum atomic E-state index is 2.44. The van der Waals surface area contributed by atoms with E-state index in [0.717, 1.165) is 17.1 Å². The van der Waals surface area contributed by atoms with Crippen molar-refractivity contribution < 1.29 is 0 Å². The number of rotatable bonds is 8. The molecule has 1 aliphatic heterocycles. The fraction of sp³-hybridized carbons (Fsp3) is 0.111. The van der Waals surface area contributed by atoms with E-state index in [1.165, 1.54) is 66.2 Å². The molecule has 2 atom stereocenters. The van der Waals surface area contributed by atoms with E-state index in [9.17, 15) is 0 Å². The summed E-state index contributed by atoms with van der Waals surface area (Å²) in [5, 5.41) is 0.288. The van der Waals surface area contributed by atoms with Crippen LogP contribution in [0.5, 0.6) is 0 Å². The zero-order chi connectivity index (χ0) is 38.5. The van der Waals surface area contributed by atoms with E-state index < -0.39 is 0 Å². The topological polar surface area (TPSA) is 6.48 Å². The Morgan fingerprint density at radius 1 is 0.439 bits per heavy atom. The molecule has 0 bridgehead atoms. The fourth-order valence-electron chi connectivity index (χ4n) is 9.06. The first-order valence-corrected chi connectivity index (χ1v) is 20.8. The molecular formula is C54H44N2S. The average Bonchev–Trinajstić information content (AvgIpc) is 3.77. The molecular weight excluding hydrogens is 709 g/mol. The average molecular weight is 753 g/mol. The summed E-state index contributed by atoms with van der Waals surface area (Å²) >= 11 is 1.98. The minimum atomic E-state index is -0.0857. The number of hydrogen-bond donors (Lipinski definition) is 0. The lowest BCUT2D eigenvalue weighted by Gasteiger charge is -2.32. The number of para-hydroxylation sites is 1. The predicted molar refractivity (Wildman–Crippen MR) is 242 cm³/mol. The van der Waals surface area contributed by atoms with Crippen molar-refractivity contribution in [3.05, 3.63) is 222 Å². The van der Waals surface area contributed by atoms with Gasteiger partial charge in [-0.15, -0.1) is 11.8 Å². The lowest BCUT2D eigenvalue weighted by Crippen LogP contribution is -2.26. The number of nitrogens with zero attached hydrogens (tertiary/aromatic N) is 2. The van der Waals surface area contributed by atoms with Crippen LogP contribution in [0.2, 0.25) is 0 Å². The Bertz CT molecular complexity index is 2680. The third-order valence-electron chi connectivity index (χ3n) is 12.1. The minimum absolute atomic E-state index is 0.0857. The van der Waals surface area contributed by atoms with Gasteiger partial charge in [0.1, 0.15) is 0 Å². The van der Waals surface area contributed by atoms with Gasteiger partial charge in [0.25, 0.3) is 0 Å². The first kappa shape index (κ1) is 35.1. The second-order valence-electron chi connectivity index (χ2n) is 15.8. The Morgan fingerprint density at radius 2 is 0.947 bits per heavy atom. The van der Waals surface area contributed by atoms with E-state index >= 15 is 0 Å². The summed E-state index contributed by atoms with van der Waals surface area (Å²) in [6, 6.07) is 73.8. The van der Waals surface area contributed by atoms with Crippen LogP contribution < -0.4 is 9.80 Å². The Morgan fingerprint density at radius 3 is 1.61 bits per heavy atom. The molecule has 276 valence electrons. The van der Waals surface area contributed by atoms with E-state index in [0.29, 0.717) is 0 Å². The molecule has 0 saturated carbocycles.